The van der Waals surface area contributed by atoms with Gasteiger partial charge in [0.2, 0.25) is 0 Å². The first-order valence-electron chi connectivity index (χ1n) is 8.01. The van der Waals surface area contributed by atoms with Crippen LogP contribution in [0.3, 0.4) is 0 Å². The number of thiocarbonyl (C=S) groups is 1. The lowest BCUT2D eigenvalue weighted by Crippen LogP contribution is -2.32. The zero-order valence-corrected chi connectivity index (χ0v) is 14.4. The Morgan fingerprint density at radius 2 is 1.79 bits per heavy atom. The van der Waals surface area contributed by atoms with Gasteiger partial charge in [0.15, 0.2) is 5.11 Å². The molecule has 0 aromatic heterocycles. The zero-order valence-electron chi connectivity index (χ0n) is 13.6. The third-order valence-corrected chi connectivity index (χ3v) is 4.36. The summed E-state index contributed by atoms with van der Waals surface area (Å²) in [7, 11) is 0. The fraction of sp³-hybridized carbons (Fsp3) is 0.263. The Bertz CT molecular complexity index is 716. The molecule has 24 heavy (non-hydrogen) atoms. The summed E-state index contributed by atoms with van der Waals surface area (Å²) in [5.41, 5.74) is 2.29. The molecule has 124 valence electrons. The molecule has 3 rings (SSSR count). The van der Waals surface area contributed by atoms with E-state index in [2.05, 4.69) is 5.32 Å². The van der Waals surface area contributed by atoms with Gasteiger partial charge in [-0.2, -0.15) is 0 Å². The molecular weight excluding hydrogens is 320 g/mol. The number of amides is 1. The SMILES string of the molecule is C[C@H]1NC(=S)N(CCc2ccc(OCc3ccccc3)cc2)C1=O. The summed E-state index contributed by atoms with van der Waals surface area (Å²) >= 11 is 5.19. The lowest BCUT2D eigenvalue weighted by atomic mass is 10.1. The van der Waals surface area contributed by atoms with Gasteiger partial charge in [0.05, 0.1) is 0 Å². The topological polar surface area (TPSA) is 41.6 Å². The van der Waals surface area contributed by atoms with Crippen molar-refractivity contribution in [1.82, 2.24) is 10.2 Å². The van der Waals surface area contributed by atoms with E-state index in [9.17, 15) is 4.79 Å². The highest BCUT2D eigenvalue weighted by molar-refractivity contribution is 7.80. The van der Waals surface area contributed by atoms with Gasteiger partial charge in [-0.1, -0.05) is 42.5 Å². The van der Waals surface area contributed by atoms with E-state index in [1.807, 2.05) is 61.5 Å². The number of nitrogens with one attached hydrogen (secondary N) is 1. The molecule has 0 saturated carbocycles. The van der Waals surface area contributed by atoms with Gasteiger partial charge in [0, 0.05) is 6.54 Å². The van der Waals surface area contributed by atoms with Gasteiger partial charge in [-0.15, -0.1) is 0 Å². The summed E-state index contributed by atoms with van der Waals surface area (Å²) in [5.74, 6) is 0.883. The monoisotopic (exact) mass is 340 g/mol. The van der Waals surface area contributed by atoms with Gasteiger partial charge in [-0.25, -0.2) is 0 Å². The summed E-state index contributed by atoms with van der Waals surface area (Å²) in [6, 6.07) is 17.8. The largest absolute Gasteiger partial charge is 0.489 e. The number of carbonyl (C=O) groups excluding carboxylic acids is 1. The van der Waals surface area contributed by atoms with Crippen molar-refractivity contribution in [2.45, 2.75) is 26.0 Å². The Labute approximate surface area is 147 Å². The summed E-state index contributed by atoms with van der Waals surface area (Å²) in [4.78, 5) is 13.6. The van der Waals surface area contributed by atoms with Crippen molar-refractivity contribution in [2.75, 3.05) is 6.54 Å². The van der Waals surface area contributed by atoms with Gasteiger partial charge in [0.25, 0.3) is 5.91 Å². The molecule has 1 aliphatic rings. The molecule has 1 fully saturated rings. The molecule has 1 saturated heterocycles. The molecule has 0 spiro atoms. The second-order valence-corrected chi connectivity index (χ2v) is 6.22. The van der Waals surface area contributed by atoms with Crippen molar-refractivity contribution < 1.29 is 9.53 Å². The smallest absolute Gasteiger partial charge is 0.251 e. The van der Waals surface area contributed by atoms with Gasteiger partial charge in [-0.05, 0) is 48.8 Å². The van der Waals surface area contributed by atoms with Crippen molar-refractivity contribution in [1.29, 1.82) is 0 Å². The van der Waals surface area contributed by atoms with Gasteiger partial charge >= 0.3 is 0 Å². The van der Waals surface area contributed by atoms with Crippen molar-refractivity contribution in [3.63, 3.8) is 0 Å². The molecule has 2 aromatic rings. The molecule has 1 aliphatic heterocycles. The second-order valence-electron chi connectivity index (χ2n) is 5.83. The van der Waals surface area contributed by atoms with E-state index in [-0.39, 0.29) is 11.9 Å². The van der Waals surface area contributed by atoms with Gasteiger partial charge < -0.3 is 10.1 Å². The predicted molar refractivity (Wildman–Crippen MR) is 97.8 cm³/mol. The van der Waals surface area contributed by atoms with Crippen LogP contribution >= 0.6 is 12.2 Å². The van der Waals surface area contributed by atoms with Crippen LogP contribution in [-0.4, -0.2) is 28.5 Å². The van der Waals surface area contributed by atoms with Gasteiger partial charge in [0.1, 0.15) is 18.4 Å². The molecular formula is C19H20N2O2S. The molecule has 0 unspecified atom stereocenters. The molecule has 2 aromatic carbocycles. The van der Waals surface area contributed by atoms with E-state index < -0.39 is 0 Å². The number of rotatable bonds is 6. The first kappa shape index (κ1) is 16.5. The number of hydrogen-bond donors (Lipinski definition) is 1. The van der Waals surface area contributed by atoms with Crippen LogP contribution in [0, 0.1) is 0 Å². The first-order chi connectivity index (χ1) is 11.6. The first-order valence-corrected chi connectivity index (χ1v) is 8.42. The number of hydrogen-bond acceptors (Lipinski definition) is 3. The fourth-order valence-corrected chi connectivity index (χ4v) is 2.96. The molecule has 1 heterocycles. The van der Waals surface area contributed by atoms with Crippen molar-refractivity contribution in [3.05, 3.63) is 65.7 Å². The highest BCUT2D eigenvalue weighted by Crippen LogP contribution is 2.15. The van der Waals surface area contributed by atoms with Crippen LogP contribution in [0.1, 0.15) is 18.1 Å². The van der Waals surface area contributed by atoms with Crippen LogP contribution < -0.4 is 10.1 Å². The summed E-state index contributed by atoms with van der Waals surface area (Å²) in [5, 5.41) is 3.51. The normalized spacial score (nSPS) is 17.0. The van der Waals surface area contributed by atoms with Crippen LogP contribution in [0.4, 0.5) is 0 Å². The van der Waals surface area contributed by atoms with E-state index in [1.54, 1.807) is 4.90 Å². The standard InChI is InChI=1S/C19H20N2O2S/c1-14-18(22)21(19(24)20-14)12-11-15-7-9-17(10-8-15)23-13-16-5-3-2-4-6-16/h2-10,14H,11-13H2,1H3,(H,20,24)/t14-/m1/s1. The summed E-state index contributed by atoms with van der Waals surface area (Å²) in [6.45, 7) is 2.98. The number of nitrogens with zero attached hydrogens (tertiary/aromatic N) is 1. The second kappa shape index (κ2) is 7.45. The van der Waals surface area contributed by atoms with Gasteiger partial charge in [-0.3, -0.25) is 9.69 Å². The Balaban J connectivity index is 1.51. The summed E-state index contributed by atoms with van der Waals surface area (Å²) in [6.07, 6.45) is 0.763. The Morgan fingerprint density at radius 1 is 1.08 bits per heavy atom. The van der Waals surface area contributed by atoms with Crippen LogP contribution in [-0.2, 0) is 17.8 Å². The van der Waals surface area contributed by atoms with E-state index in [1.165, 1.54) is 0 Å². The molecule has 1 amide bonds. The van der Waals surface area contributed by atoms with E-state index in [0.29, 0.717) is 18.3 Å². The maximum Gasteiger partial charge on any atom is 0.251 e. The van der Waals surface area contributed by atoms with Crippen molar-refractivity contribution in [3.8, 4) is 5.75 Å². The molecule has 0 bridgehead atoms. The zero-order chi connectivity index (χ0) is 16.9. The Kier molecular flexibility index (Phi) is 5.11. The molecule has 4 nitrogen and oxygen atoms in total. The maximum absolute atomic E-state index is 12.0. The Morgan fingerprint density at radius 3 is 2.42 bits per heavy atom. The minimum absolute atomic E-state index is 0.0443. The molecule has 0 radical (unpaired) electrons. The van der Waals surface area contributed by atoms with Crippen LogP contribution in [0.5, 0.6) is 5.75 Å². The van der Waals surface area contributed by atoms with Crippen LogP contribution in [0.15, 0.2) is 54.6 Å². The predicted octanol–water partition coefficient (Wildman–Crippen LogP) is 2.91. The fourth-order valence-electron chi connectivity index (χ4n) is 2.60. The number of carbonyl (C=O) groups is 1. The average molecular weight is 340 g/mol. The van der Waals surface area contributed by atoms with E-state index >= 15 is 0 Å². The average Bonchev–Trinajstić information content (AvgIpc) is 2.85. The minimum Gasteiger partial charge on any atom is -0.489 e. The highest BCUT2D eigenvalue weighted by atomic mass is 32.1. The quantitative estimate of drug-likeness (QED) is 0.821. The third kappa shape index (κ3) is 3.92. The molecule has 1 N–H and O–H groups in total. The maximum atomic E-state index is 12.0. The number of benzene rings is 2. The lowest BCUT2D eigenvalue weighted by Gasteiger charge is -2.14. The van der Waals surface area contributed by atoms with E-state index in [0.717, 1.165) is 23.3 Å². The van der Waals surface area contributed by atoms with E-state index in [4.69, 9.17) is 17.0 Å². The molecule has 0 aliphatic carbocycles. The molecule has 1 atom stereocenters. The lowest BCUT2D eigenvalue weighted by molar-refractivity contribution is -0.126. The Hall–Kier alpha value is -2.40. The highest BCUT2D eigenvalue weighted by Gasteiger charge is 2.31. The van der Waals surface area contributed by atoms with Crippen LogP contribution in [0.25, 0.3) is 0 Å². The van der Waals surface area contributed by atoms with Crippen molar-refractivity contribution >= 4 is 23.2 Å². The minimum atomic E-state index is -0.216. The van der Waals surface area contributed by atoms with Crippen molar-refractivity contribution in [2.24, 2.45) is 0 Å². The molecule has 5 heteroatoms. The van der Waals surface area contributed by atoms with Crippen LogP contribution in [0.2, 0.25) is 0 Å². The summed E-state index contributed by atoms with van der Waals surface area (Å²) < 4.78 is 5.78. The third-order valence-electron chi connectivity index (χ3n) is 4.02. The number of ether oxygens (including phenoxy) is 1.